The number of rotatable bonds is 4. The van der Waals surface area contributed by atoms with Crippen LogP contribution in [0.4, 0.5) is 0 Å². The molecule has 0 atom stereocenters. The normalized spacial score (nSPS) is 11.1. The van der Waals surface area contributed by atoms with Crippen molar-refractivity contribution in [2.75, 3.05) is 7.11 Å². The molecule has 136 valence electrons. The molecule has 0 fully saturated rings. The van der Waals surface area contributed by atoms with Crippen LogP contribution in [0.3, 0.4) is 0 Å². The van der Waals surface area contributed by atoms with Crippen LogP contribution in [0.15, 0.2) is 59.4 Å². The number of nitrogens with zero attached hydrogens (tertiary/aromatic N) is 2. The molecule has 0 radical (unpaired) electrons. The molecule has 0 aliphatic heterocycles. The fourth-order valence-corrected chi connectivity index (χ4v) is 3.27. The Hall–Kier alpha value is -3.05. The van der Waals surface area contributed by atoms with Gasteiger partial charge in [-0.15, -0.1) is 0 Å². The average molecular weight is 380 g/mol. The predicted octanol–water partition coefficient (Wildman–Crippen LogP) is 4.25. The van der Waals surface area contributed by atoms with E-state index in [0.29, 0.717) is 22.8 Å². The molecule has 27 heavy (non-hydrogen) atoms. The first kappa shape index (κ1) is 17.4. The Balaban J connectivity index is 1.85. The van der Waals surface area contributed by atoms with Crippen LogP contribution in [-0.4, -0.2) is 21.7 Å². The van der Waals surface area contributed by atoms with Crippen LogP contribution < -0.4 is 10.3 Å². The van der Waals surface area contributed by atoms with Gasteiger partial charge in [-0.05, 0) is 36.8 Å². The highest BCUT2D eigenvalue weighted by Crippen LogP contribution is 2.24. The van der Waals surface area contributed by atoms with Crippen molar-refractivity contribution in [3.05, 3.63) is 86.8 Å². The van der Waals surface area contributed by atoms with Crippen LogP contribution in [-0.2, 0) is 6.42 Å². The van der Waals surface area contributed by atoms with Crippen molar-refractivity contribution in [2.45, 2.75) is 13.3 Å². The van der Waals surface area contributed by atoms with Crippen molar-refractivity contribution in [3.63, 3.8) is 0 Å². The minimum Gasteiger partial charge on any atom is -0.497 e. The maximum Gasteiger partial charge on any atom is 0.273 e. The summed E-state index contributed by atoms with van der Waals surface area (Å²) in [7, 11) is 1.62. The number of hydrogen-bond donors (Lipinski definition) is 1. The van der Waals surface area contributed by atoms with E-state index in [0.717, 1.165) is 28.1 Å². The lowest BCUT2D eigenvalue weighted by atomic mass is 10.1. The highest BCUT2D eigenvalue weighted by atomic mass is 35.5. The fraction of sp³-hybridized carbons (Fsp3) is 0.143. The highest BCUT2D eigenvalue weighted by molar-refractivity contribution is 6.30. The summed E-state index contributed by atoms with van der Waals surface area (Å²) in [4.78, 5) is 17.4. The van der Waals surface area contributed by atoms with E-state index in [4.69, 9.17) is 21.3 Å². The molecule has 4 rings (SSSR count). The van der Waals surface area contributed by atoms with Crippen molar-refractivity contribution in [1.82, 2.24) is 14.6 Å². The molecular weight excluding hydrogens is 362 g/mol. The Labute approximate surface area is 161 Å². The van der Waals surface area contributed by atoms with Gasteiger partial charge in [-0.25, -0.2) is 9.50 Å². The van der Waals surface area contributed by atoms with E-state index in [1.54, 1.807) is 7.11 Å². The van der Waals surface area contributed by atoms with E-state index >= 15 is 0 Å². The topological polar surface area (TPSA) is 59.4 Å². The second-order valence-corrected chi connectivity index (χ2v) is 6.83. The maximum absolute atomic E-state index is 12.6. The molecule has 0 saturated heterocycles. The summed E-state index contributed by atoms with van der Waals surface area (Å²) < 4.78 is 6.77. The first-order chi connectivity index (χ1) is 13.0. The Morgan fingerprint density at radius 3 is 2.67 bits per heavy atom. The molecule has 1 N–H and O–H groups in total. The van der Waals surface area contributed by atoms with Gasteiger partial charge in [0, 0.05) is 34.3 Å². The minimum absolute atomic E-state index is 0.150. The Morgan fingerprint density at radius 2 is 1.93 bits per heavy atom. The van der Waals surface area contributed by atoms with Gasteiger partial charge in [0.1, 0.15) is 5.75 Å². The number of nitrogens with one attached hydrogen (secondary N) is 1. The van der Waals surface area contributed by atoms with Crippen molar-refractivity contribution >= 4 is 17.2 Å². The van der Waals surface area contributed by atoms with Crippen LogP contribution in [0.2, 0.25) is 5.02 Å². The van der Waals surface area contributed by atoms with Gasteiger partial charge in [0.25, 0.3) is 5.56 Å². The lowest BCUT2D eigenvalue weighted by molar-refractivity contribution is 0.415. The van der Waals surface area contributed by atoms with Gasteiger partial charge in [0.05, 0.1) is 12.8 Å². The average Bonchev–Trinajstić information content (AvgIpc) is 3.00. The largest absolute Gasteiger partial charge is 0.497 e. The lowest BCUT2D eigenvalue weighted by Crippen LogP contribution is -2.14. The number of aromatic nitrogens is 3. The fourth-order valence-electron chi connectivity index (χ4n) is 3.14. The van der Waals surface area contributed by atoms with Crippen LogP contribution in [0.1, 0.15) is 16.8 Å². The third-order valence-electron chi connectivity index (χ3n) is 4.58. The Morgan fingerprint density at radius 1 is 1.15 bits per heavy atom. The lowest BCUT2D eigenvalue weighted by Gasteiger charge is -2.06. The molecule has 2 heterocycles. The van der Waals surface area contributed by atoms with Gasteiger partial charge < -0.3 is 4.74 Å². The SMILES string of the molecule is COc1cccc(-c2cc(=O)n3[nH]c(C)c(Cc4ccc(Cl)cc4)c3n2)c1. The Bertz CT molecular complexity index is 1180. The summed E-state index contributed by atoms with van der Waals surface area (Å²) in [5.41, 5.74) is 4.94. The standard InChI is InChI=1S/C21H18ClN3O2/c1-13-18(10-14-6-8-16(22)9-7-14)21-23-19(12-20(26)25(21)24-13)15-4-3-5-17(11-15)27-2/h3-9,11-12,24H,10H2,1-2H3. The van der Waals surface area contributed by atoms with Gasteiger partial charge in [0.2, 0.25) is 0 Å². The summed E-state index contributed by atoms with van der Waals surface area (Å²) in [5, 5.41) is 3.82. The van der Waals surface area contributed by atoms with Gasteiger partial charge >= 0.3 is 0 Å². The predicted molar refractivity (Wildman–Crippen MR) is 107 cm³/mol. The number of H-pyrrole nitrogens is 1. The van der Waals surface area contributed by atoms with Gasteiger partial charge in [-0.2, -0.15) is 0 Å². The van der Waals surface area contributed by atoms with Crippen molar-refractivity contribution in [1.29, 1.82) is 0 Å². The van der Waals surface area contributed by atoms with E-state index in [9.17, 15) is 4.79 Å². The number of aryl methyl sites for hydroxylation is 1. The molecule has 0 saturated carbocycles. The summed E-state index contributed by atoms with van der Waals surface area (Å²) in [6.07, 6.45) is 0.657. The maximum atomic E-state index is 12.6. The second-order valence-electron chi connectivity index (χ2n) is 6.39. The summed E-state index contributed by atoms with van der Waals surface area (Å²) in [6, 6.07) is 16.8. The van der Waals surface area contributed by atoms with Gasteiger partial charge in [-0.1, -0.05) is 35.9 Å². The van der Waals surface area contributed by atoms with Gasteiger partial charge in [-0.3, -0.25) is 9.89 Å². The van der Waals surface area contributed by atoms with E-state index in [1.807, 2.05) is 55.5 Å². The molecule has 6 heteroatoms. The number of ether oxygens (including phenoxy) is 1. The zero-order valence-corrected chi connectivity index (χ0v) is 15.7. The van der Waals surface area contributed by atoms with Gasteiger partial charge in [0.15, 0.2) is 5.65 Å². The Kier molecular flexibility index (Phi) is 4.46. The molecule has 2 aromatic heterocycles. The second kappa shape index (κ2) is 6.93. The van der Waals surface area contributed by atoms with Crippen molar-refractivity contribution < 1.29 is 4.74 Å². The number of hydrogen-bond acceptors (Lipinski definition) is 3. The number of methoxy groups -OCH3 is 1. The molecule has 5 nitrogen and oxygen atoms in total. The summed E-state index contributed by atoms with van der Waals surface area (Å²) in [6.45, 7) is 1.95. The molecule has 4 aromatic rings. The van der Waals surface area contributed by atoms with Crippen LogP contribution in [0, 0.1) is 6.92 Å². The number of benzene rings is 2. The molecule has 0 unspecified atom stereocenters. The first-order valence-corrected chi connectivity index (χ1v) is 8.93. The number of aromatic amines is 1. The molecular formula is C21H18ClN3O2. The molecule has 2 aromatic carbocycles. The number of halogens is 1. The third-order valence-corrected chi connectivity index (χ3v) is 4.83. The highest BCUT2D eigenvalue weighted by Gasteiger charge is 2.14. The zero-order chi connectivity index (χ0) is 19.0. The van der Waals surface area contributed by atoms with Crippen LogP contribution in [0.25, 0.3) is 16.9 Å². The van der Waals surface area contributed by atoms with Crippen LogP contribution >= 0.6 is 11.6 Å². The van der Waals surface area contributed by atoms with Crippen molar-refractivity contribution in [2.24, 2.45) is 0 Å². The van der Waals surface area contributed by atoms with E-state index in [-0.39, 0.29) is 5.56 Å². The smallest absolute Gasteiger partial charge is 0.273 e. The zero-order valence-electron chi connectivity index (χ0n) is 15.0. The molecule has 0 aliphatic carbocycles. The molecule has 0 amide bonds. The quantitative estimate of drug-likeness (QED) is 0.576. The van der Waals surface area contributed by atoms with Crippen molar-refractivity contribution in [3.8, 4) is 17.0 Å². The summed E-state index contributed by atoms with van der Waals surface area (Å²) in [5.74, 6) is 0.723. The first-order valence-electron chi connectivity index (χ1n) is 8.55. The van der Waals surface area contributed by atoms with E-state index in [2.05, 4.69) is 5.10 Å². The number of fused-ring (bicyclic) bond motifs is 1. The van der Waals surface area contributed by atoms with E-state index < -0.39 is 0 Å². The molecule has 0 bridgehead atoms. The molecule has 0 spiro atoms. The summed E-state index contributed by atoms with van der Waals surface area (Å²) >= 11 is 5.98. The van der Waals surface area contributed by atoms with E-state index in [1.165, 1.54) is 10.6 Å². The monoisotopic (exact) mass is 379 g/mol. The van der Waals surface area contributed by atoms with Crippen LogP contribution in [0.5, 0.6) is 5.75 Å². The minimum atomic E-state index is -0.150. The third kappa shape index (κ3) is 3.34. The molecule has 0 aliphatic rings.